The quantitative estimate of drug-likeness (QED) is 0.267. The maximum atomic E-state index is 14.4. The van der Waals surface area contributed by atoms with E-state index in [-0.39, 0.29) is 22.2 Å². The molecule has 8 nitrogen and oxygen atoms in total. The Balaban J connectivity index is 1.04. The van der Waals surface area contributed by atoms with E-state index in [0.717, 1.165) is 79.9 Å². The monoisotopic (exact) mass is 571 g/mol. The number of halogens is 1. The second-order valence-electron chi connectivity index (χ2n) is 14.1. The highest BCUT2D eigenvalue weighted by Crippen LogP contribution is 2.71. The Kier molecular flexibility index (Phi) is 5.83. The van der Waals surface area contributed by atoms with Crippen molar-refractivity contribution < 1.29 is 18.4 Å². The largest absolute Gasteiger partial charge is 0.478 e. The lowest BCUT2D eigenvalue weighted by atomic mass is 9.41. The van der Waals surface area contributed by atoms with Crippen LogP contribution < -0.4 is 9.64 Å². The van der Waals surface area contributed by atoms with Gasteiger partial charge in [0.15, 0.2) is 5.82 Å². The van der Waals surface area contributed by atoms with Crippen molar-refractivity contribution >= 4 is 11.6 Å². The molecule has 42 heavy (non-hydrogen) atoms. The number of pyridine rings is 2. The second-order valence-corrected chi connectivity index (χ2v) is 14.1. The molecule has 10 rings (SSSR count). The van der Waals surface area contributed by atoms with Crippen molar-refractivity contribution in [3.05, 3.63) is 48.5 Å². The van der Waals surface area contributed by atoms with Gasteiger partial charge in [-0.05, 0) is 101 Å². The van der Waals surface area contributed by atoms with E-state index in [1.165, 1.54) is 0 Å². The zero-order chi connectivity index (χ0) is 28.6. The number of amides is 1. The SMILES string of the molecule is CCOc1ccc(-c2cncc(N(CC34CCC(c5nc(C6CC6)no5)(CC3)CC4)C(=O)CC34CC(F)(C3)C4)c2)cn1. The minimum absolute atomic E-state index is 0.0276. The van der Waals surface area contributed by atoms with Gasteiger partial charge >= 0.3 is 0 Å². The number of alkyl halides is 1. The normalized spacial score (nSPS) is 32.6. The first-order valence-corrected chi connectivity index (χ1v) is 15.7. The Morgan fingerprint density at radius 2 is 1.79 bits per heavy atom. The topological polar surface area (TPSA) is 94.2 Å². The number of anilines is 1. The van der Waals surface area contributed by atoms with Crippen LogP contribution in [0, 0.1) is 10.8 Å². The molecule has 0 N–H and O–H groups in total. The number of ether oxygens (including phenoxy) is 1. The molecule has 1 amide bonds. The van der Waals surface area contributed by atoms with Gasteiger partial charge in [-0.3, -0.25) is 9.78 Å². The first-order valence-electron chi connectivity index (χ1n) is 15.7. The molecule has 7 fully saturated rings. The summed E-state index contributed by atoms with van der Waals surface area (Å²) in [5.74, 6) is 2.87. The molecule has 220 valence electrons. The van der Waals surface area contributed by atoms with Gasteiger partial charge < -0.3 is 14.2 Å². The van der Waals surface area contributed by atoms with Gasteiger partial charge in [0.1, 0.15) is 5.67 Å². The maximum Gasteiger partial charge on any atom is 0.232 e. The second kappa shape index (κ2) is 9.32. The summed E-state index contributed by atoms with van der Waals surface area (Å²) in [5, 5.41) is 4.31. The van der Waals surface area contributed by atoms with Gasteiger partial charge in [-0.1, -0.05) is 5.16 Å². The number of carbonyl (C=O) groups is 1. The Hall–Kier alpha value is -3.36. The predicted octanol–water partition coefficient (Wildman–Crippen LogP) is 6.71. The van der Waals surface area contributed by atoms with E-state index < -0.39 is 5.67 Å². The van der Waals surface area contributed by atoms with Crippen molar-refractivity contribution in [3.8, 4) is 17.0 Å². The standard InChI is InChI=1S/C33H38FN5O3/c1-2-41-26-6-5-23(16-36-26)24-13-25(17-35-15-24)39(27(40)14-31-18-33(34,19-31)20-31)21-30-7-10-32(11-8-30,12-9-30)29-37-28(38-42-29)22-3-4-22/h5-6,13,15-17,22H,2-4,7-12,14,18-21H2,1H3. The lowest BCUT2D eigenvalue weighted by Crippen LogP contribution is -2.65. The minimum atomic E-state index is -1.02. The molecule has 0 aliphatic heterocycles. The van der Waals surface area contributed by atoms with Crippen LogP contribution in [0.3, 0.4) is 0 Å². The molecule has 7 aliphatic rings. The number of aromatic nitrogens is 4. The molecular formula is C33H38FN5O3. The molecule has 9 heteroatoms. The molecule has 7 aliphatic carbocycles. The molecule has 0 radical (unpaired) electrons. The van der Waals surface area contributed by atoms with Crippen LogP contribution in [-0.2, 0) is 10.2 Å². The lowest BCUT2D eigenvalue weighted by molar-refractivity contribution is -0.215. The average molecular weight is 572 g/mol. The Morgan fingerprint density at radius 3 is 2.43 bits per heavy atom. The number of fused-ring (bicyclic) bond motifs is 3. The third-order valence-electron chi connectivity index (χ3n) is 11.0. The van der Waals surface area contributed by atoms with E-state index in [0.29, 0.717) is 50.6 Å². The van der Waals surface area contributed by atoms with Crippen LogP contribution in [0.5, 0.6) is 5.88 Å². The van der Waals surface area contributed by atoms with Crippen LogP contribution in [0.2, 0.25) is 0 Å². The fourth-order valence-electron chi connectivity index (χ4n) is 8.42. The molecule has 0 spiro atoms. The maximum absolute atomic E-state index is 14.4. The van der Waals surface area contributed by atoms with E-state index in [1.807, 2.05) is 36.2 Å². The smallest absolute Gasteiger partial charge is 0.232 e. The van der Waals surface area contributed by atoms with Gasteiger partial charge in [0.25, 0.3) is 0 Å². The summed E-state index contributed by atoms with van der Waals surface area (Å²) in [6, 6.07) is 5.88. The third kappa shape index (κ3) is 4.42. The lowest BCUT2D eigenvalue weighted by Gasteiger charge is -2.66. The highest BCUT2D eigenvalue weighted by molar-refractivity contribution is 5.94. The zero-order valence-electron chi connectivity index (χ0n) is 24.3. The van der Waals surface area contributed by atoms with Crippen LogP contribution in [0.25, 0.3) is 11.1 Å². The highest BCUT2D eigenvalue weighted by Gasteiger charge is 2.69. The fraction of sp³-hybridized carbons (Fsp3) is 0.606. The first-order chi connectivity index (χ1) is 20.3. The van der Waals surface area contributed by atoms with E-state index in [2.05, 4.69) is 15.1 Å². The zero-order valence-corrected chi connectivity index (χ0v) is 24.3. The number of hydrogen-bond acceptors (Lipinski definition) is 7. The van der Waals surface area contributed by atoms with Gasteiger partial charge in [-0.25, -0.2) is 9.37 Å². The molecule has 4 bridgehead atoms. The van der Waals surface area contributed by atoms with Crippen LogP contribution in [0.4, 0.5) is 10.1 Å². The van der Waals surface area contributed by atoms with Crippen LogP contribution >= 0.6 is 0 Å². The fourth-order valence-corrected chi connectivity index (χ4v) is 8.42. The third-order valence-corrected chi connectivity index (χ3v) is 11.0. The molecule has 0 unspecified atom stereocenters. The average Bonchev–Trinajstić information content (AvgIpc) is 3.71. The molecule has 3 aromatic rings. The molecule has 3 aromatic heterocycles. The number of nitrogens with zero attached hydrogens (tertiary/aromatic N) is 5. The van der Waals surface area contributed by atoms with Gasteiger partial charge in [-0.2, -0.15) is 4.98 Å². The Morgan fingerprint density at radius 1 is 1.02 bits per heavy atom. The molecule has 0 atom stereocenters. The molecule has 7 saturated carbocycles. The van der Waals surface area contributed by atoms with Crippen molar-refractivity contribution in [1.82, 2.24) is 20.1 Å². The van der Waals surface area contributed by atoms with Crippen molar-refractivity contribution in [2.75, 3.05) is 18.1 Å². The summed E-state index contributed by atoms with van der Waals surface area (Å²) in [6.07, 6.45) is 15.8. The summed E-state index contributed by atoms with van der Waals surface area (Å²) in [7, 11) is 0. The summed E-state index contributed by atoms with van der Waals surface area (Å²) in [4.78, 5) is 29.9. The molecular weight excluding hydrogens is 533 g/mol. The van der Waals surface area contributed by atoms with Gasteiger partial charge in [0.05, 0.1) is 18.5 Å². The van der Waals surface area contributed by atoms with Crippen LogP contribution in [-0.4, -0.2) is 44.8 Å². The summed E-state index contributed by atoms with van der Waals surface area (Å²) in [6.45, 7) is 3.15. The summed E-state index contributed by atoms with van der Waals surface area (Å²) < 4.78 is 25.7. The number of hydrogen-bond donors (Lipinski definition) is 0. The van der Waals surface area contributed by atoms with E-state index >= 15 is 0 Å². The Bertz CT molecular complexity index is 1470. The minimum Gasteiger partial charge on any atom is -0.478 e. The molecule has 0 saturated heterocycles. The van der Waals surface area contributed by atoms with Crippen LogP contribution in [0.15, 0.2) is 41.3 Å². The molecule has 3 heterocycles. The van der Waals surface area contributed by atoms with E-state index in [4.69, 9.17) is 14.2 Å². The predicted molar refractivity (Wildman–Crippen MR) is 154 cm³/mol. The summed E-state index contributed by atoms with van der Waals surface area (Å²) in [5.41, 5.74) is 1.46. The van der Waals surface area contributed by atoms with Gasteiger partial charge in [-0.15, -0.1) is 0 Å². The van der Waals surface area contributed by atoms with Crippen molar-refractivity contribution in [2.24, 2.45) is 10.8 Å². The van der Waals surface area contributed by atoms with Crippen LogP contribution in [0.1, 0.15) is 102 Å². The summed E-state index contributed by atoms with van der Waals surface area (Å²) >= 11 is 0. The van der Waals surface area contributed by atoms with Crippen molar-refractivity contribution in [3.63, 3.8) is 0 Å². The van der Waals surface area contributed by atoms with Crippen molar-refractivity contribution in [1.29, 1.82) is 0 Å². The molecule has 0 aromatic carbocycles. The van der Waals surface area contributed by atoms with E-state index in [9.17, 15) is 9.18 Å². The van der Waals surface area contributed by atoms with Gasteiger partial charge in [0, 0.05) is 53.9 Å². The highest BCUT2D eigenvalue weighted by atomic mass is 19.1. The number of carbonyl (C=O) groups excluding carboxylic acids is 1. The van der Waals surface area contributed by atoms with E-state index in [1.54, 1.807) is 12.4 Å². The Labute approximate surface area is 245 Å². The first kappa shape index (κ1) is 26.3. The van der Waals surface area contributed by atoms with Crippen molar-refractivity contribution in [2.45, 2.75) is 101 Å². The number of rotatable bonds is 10. The van der Waals surface area contributed by atoms with Gasteiger partial charge in [0.2, 0.25) is 17.7 Å².